The standard InChI is InChI=1S/C13H13Cl2N3O4S/c14-12(15)9(8-16)17-13(19)10-4-5-11(22-10)23(20,21)18-6-2-1-3-7-18/h4-5H,1-3,6-7H2,(H,17,19). The first-order valence-corrected chi connectivity index (χ1v) is 8.92. The number of hydrogen-bond acceptors (Lipinski definition) is 5. The van der Waals surface area contributed by atoms with Crippen LogP contribution in [0.5, 0.6) is 0 Å². The lowest BCUT2D eigenvalue weighted by Gasteiger charge is -2.24. The van der Waals surface area contributed by atoms with Gasteiger partial charge in [0.2, 0.25) is 5.09 Å². The largest absolute Gasteiger partial charge is 0.438 e. The lowest BCUT2D eigenvalue weighted by atomic mass is 10.2. The van der Waals surface area contributed by atoms with Crippen molar-refractivity contribution >= 4 is 39.1 Å². The Morgan fingerprint density at radius 2 is 1.91 bits per heavy atom. The van der Waals surface area contributed by atoms with Gasteiger partial charge in [-0.15, -0.1) is 0 Å². The predicted molar refractivity (Wildman–Crippen MR) is 83.1 cm³/mol. The number of hydrogen-bond donors (Lipinski definition) is 1. The number of sulfonamides is 1. The maximum Gasteiger partial charge on any atom is 0.292 e. The van der Waals surface area contributed by atoms with E-state index in [1.54, 1.807) is 6.07 Å². The quantitative estimate of drug-likeness (QED) is 0.810. The fourth-order valence-electron chi connectivity index (χ4n) is 2.11. The first-order valence-electron chi connectivity index (χ1n) is 6.73. The van der Waals surface area contributed by atoms with Gasteiger partial charge < -0.3 is 9.73 Å². The second kappa shape index (κ2) is 7.36. The number of furan rings is 1. The van der Waals surface area contributed by atoms with E-state index in [1.165, 1.54) is 16.4 Å². The van der Waals surface area contributed by atoms with Crippen molar-refractivity contribution in [1.29, 1.82) is 5.26 Å². The molecule has 0 aromatic carbocycles. The Labute approximate surface area is 143 Å². The van der Waals surface area contributed by atoms with Crippen LogP contribution in [0.25, 0.3) is 0 Å². The molecule has 1 aliphatic rings. The molecule has 23 heavy (non-hydrogen) atoms. The third-order valence-electron chi connectivity index (χ3n) is 3.25. The van der Waals surface area contributed by atoms with Gasteiger partial charge in [-0.25, -0.2) is 8.42 Å². The molecule has 1 saturated heterocycles. The van der Waals surface area contributed by atoms with Crippen LogP contribution in [0, 0.1) is 11.3 Å². The lowest BCUT2D eigenvalue weighted by molar-refractivity contribution is 0.0934. The Morgan fingerprint density at radius 1 is 1.26 bits per heavy atom. The van der Waals surface area contributed by atoms with Gasteiger partial charge in [0, 0.05) is 13.1 Å². The van der Waals surface area contributed by atoms with Crippen molar-refractivity contribution in [2.24, 2.45) is 0 Å². The number of allylic oxidation sites excluding steroid dienone is 1. The Balaban J connectivity index is 2.19. The van der Waals surface area contributed by atoms with Crippen LogP contribution in [0.15, 0.2) is 31.8 Å². The molecule has 1 N–H and O–H groups in total. The summed E-state index contributed by atoms with van der Waals surface area (Å²) in [5.41, 5.74) is -0.352. The summed E-state index contributed by atoms with van der Waals surface area (Å²) in [7, 11) is -3.77. The molecule has 1 aromatic rings. The third-order valence-corrected chi connectivity index (χ3v) is 5.40. The lowest BCUT2D eigenvalue weighted by Crippen LogP contribution is -2.35. The molecular formula is C13H13Cl2N3O4S. The third kappa shape index (κ3) is 4.06. The summed E-state index contributed by atoms with van der Waals surface area (Å²) in [5, 5.41) is 10.6. The van der Waals surface area contributed by atoms with Gasteiger partial charge in [0.05, 0.1) is 0 Å². The van der Waals surface area contributed by atoms with Crippen LogP contribution >= 0.6 is 23.2 Å². The Morgan fingerprint density at radius 3 is 2.48 bits per heavy atom. The molecule has 0 radical (unpaired) electrons. The highest BCUT2D eigenvalue weighted by atomic mass is 35.5. The number of nitrogens with zero attached hydrogens (tertiary/aromatic N) is 2. The van der Waals surface area contributed by atoms with E-state index in [2.05, 4.69) is 5.32 Å². The van der Waals surface area contributed by atoms with E-state index in [-0.39, 0.29) is 16.5 Å². The summed E-state index contributed by atoms with van der Waals surface area (Å²) in [6.45, 7) is 0.849. The molecule has 10 heteroatoms. The van der Waals surface area contributed by atoms with Crippen molar-refractivity contribution in [3.05, 3.63) is 28.1 Å². The minimum Gasteiger partial charge on any atom is -0.438 e. The predicted octanol–water partition coefficient (Wildman–Crippen LogP) is 2.35. The van der Waals surface area contributed by atoms with Gasteiger partial charge in [-0.1, -0.05) is 29.6 Å². The van der Waals surface area contributed by atoms with Crippen LogP contribution in [0.3, 0.4) is 0 Å². The monoisotopic (exact) mass is 377 g/mol. The molecule has 1 aromatic heterocycles. The van der Waals surface area contributed by atoms with Crippen molar-refractivity contribution in [2.75, 3.05) is 13.1 Å². The first kappa shape index (κ1) is 17.8. The van der Waals surface area contributed by atoms with Crippen LogP contribution in [-0.4, -0.2) is 31.7 Å². The van der Waals surface area contributed by atoms with Gasteiger partial charge in [-0.2, -0.15) is 9.57 Å². The number of carbonyl (C=O) groups excluding carboxylic acids is 1. The highest BCUT2D eigenvalue weighted by molar-refractivity contribution is 7.89. The van der Waals surface area contributed by atoms with Gasteiger partial charge >= 0.3 is 0 Å². The fourth-order valence-corrected chi connectivity index (χ4v) is 3.71. The van der Waals surface area contributed by atoms with E-state index in [0.717, 1.165) is 19.3 Å². The molecule has 7 nitrogen and oxygen atoms in total. The van der Waals surface area contributed by atoms with Crippen molar-refractivity contribution in [3.63, 3.8) is 0 Å². The highest BCUT2D eigenvalue weighted by Gasteiger charge is 2.29. The van der Waals surface area contributed by atoms with Crippen LogP contribution in [-0.2, 0) is 10.0 Å². The van der Waals surface area contributed by atoms with E-state index in [4.69, 9.17) is 32.9 Å². The number of nitrogens with one attached hydrogen (secondary N) is 1. The average Bonchev–Trinajstić information content (AvgIpc) is 3.03. The van der Waals surface area contributed by atoms with Gasteiger partial charge in [-0.05, 0) is 25.0 Å². The first-order chi connectivity index (χ1) is 10.9. The van der Waals surface area contributed by atoms with Crippen LogP contribution in [0.1, 0.15) is 29.8 Å². The van der Waals surface area contributed by atoms with E-state index in [1.807, 2.05) is 0 Å². The summed E-state index contributed by atoms with van der Waals surface area (Å²) in [6.07, 6.45) is 2.57. The molecule has 2 heterocycles. The molecule has 124 valence electrons. The molecule has 0 atom stereocenters. The number of piperidine rings is 1. The molecule has 0 unspecified atom stereocenters. The summed E-state index contributed by atoms with van der Waals surface area (Å²) in [6, 6.07) is 4.02. The molecule has 2 rings (SSSR count). The number of rotatable bonds is 4. The molecule has 0 bridgehead atoms. The molecule has 1 aliphatic heterocycles. The van der Waals surface area contributed by atoms with Crippen molar-refractivity contribution in [1.82, 2.24) is 9.62 Å². The van der Waals surface area contributed by atoms with Gasteiger partial charge in [0.15, 0.2) is 11.5 Å². The topological polar surface area (TPSA) is 103 Å². The molecular weight excluding hydrogens is 365 g/mol. The number of amides is 1. The molecule has 1 fully saturated rings. The molecule has 0 saturated carbocycles. The van der Waals surface area contributed by atoms with E-state index >= 15 is 0 Å². The summed E-state index contributed by atoms with van der Waals surface area (Å²) in [4.78, 5) is 11.9. The van der Waals surface area contributed by atoms with E-state index < -0.39 is 20.4 Å². The second-order valence-corrected chi connectivity index (χ2v) is 7.60. The minimum absolute atomic E-state index is 0.261. The summed E-state index contributed by atoms with van der Waals surface area (Å²) in [5.74, 6) is -1.08. The van der Waals surface area contributed by atoms with Gasteiger partial charge in [-0.3, -0.25) is 4.79 Å². The minimum atomic E-state index is -3.77. The zero-order valence-corrected chi connectivity index (χ0v) is 14.2. The van der Waals surface area contributed by atoms with Crippen molar-refractivity contribution in [2.45, 2.75) is 24.4 Å². The Kier molecular flexibility index (Phi) is 5.70. The number of nitriles is 1. The fraction of sp³-hybridized carbons (Fsp3) is 0.385. The maximum atomic E-state index is 12.4. The SMILES string of the molecule is N#CC(NC(=O)c1ccc(S(=O)(=O)N2CCCCC2)o1)=C(Cl)Cl. The zero-order valence-electron chi connectivity index (χ0n) is 11.9. The van der Waals surface area contributed by atoms with Crippen molar-refractivity contribution < 1.29 is 17.6 Å². The summed E-state index contributed by atoms with van der Waals surface area (Å²) < 4.78 is 30.9. The molecule has 0 spiro atoms. The molecule has 0 aliphatic carbocycles. The number of halogens is 2. The smallest absolute Gasteiger partial charge is 0.292 e. The van der Waals surface area contributed by atoms with Gasteiger partial charge in [0.25, 0.3) is 15.9 Å². The number of carbonyl (C=O) groups is 1. The van der Waals surface area contributed by atoms with Gasteiger partial charge in [0.1, 0.15) is 10.6 Å². The highest BCUT2D eigenvalue weighted by Crippen LogP contribution is 2.22. The van der Waals surface area contributed by atoms with E-state index in [9.17, 15) is 13.2 Å². The van der Waals surface area contributed by atoms with E-state index in [0.29, 0.717) is 13.1 Å². The second-order valence-electron chi connectivity index (χ2n) is 4.78. The zero-order chi connectivity index (χ0) is 17.0. The van der Waals surface area contributed by atoms with Crippen LogP contribution in [0.2, 0.25) is 0 Å². The summed E-state index contributed by atoms with van der Waals surface area (Å²) >= 11 is 10.9. The van der Waals surface area contributed by atoms with Crippen LogP contribution in [0.4, 0.5) is 0 Å². The Hall–Kier alpha value is -1.53. The normalized spacial score (nSPS) is 15.7. The molecule has 1 amide bonds. The Bertz CT molecular complexity index is 769. The van der Waals surface area contributed by atoms with Crippen molar-refractivity contribution in [3.8, 4) is 6.07 Å². The maximum absolute atomic E-state index is 12.4. The van der Waals surface area contributed by atoms with Crippen LogP contribution < -0.4 is 5.32 Å². The average molecular weight is 378 g/mol.